The lowest BCUT2D eigenvalue weighted by Crippen LogP contribution is -2.45. The molecule has 5 aromatic rings. The first-order valence-corrected chi connectivity index (χ1v) is 16.1. The minimum absolute atomic E-state index is 0. The molecule has 0 radical (unpaired) electrons. The first kappa shape index (κ1) is 34.3. The molecule has 6 rings (SSSR count). The average Bonchev–Trinajstić information content (AvgIpc) is 3.57. The summed E-state index contributed by atoms with van der Waals surface area (Å²) in [5.41, 5.74) is 9.87. The van der Waals surface area contributed by atoms with Gasteiger partial charge in [0, 0.05) is 28.8 Å². The fraction of sp³-hybridized carbons (Fsp3) is 0.308. The van der Waals surface area contributed by atoms with Crippen molar-refractivity contribution in [2.75, 3.05) is 20.2 Å². The number of rotatable bonds is 9. The smallest absolute Gasteiger partial charge is 0.310 e. The van der Waals surface area contributed by atoms with E-state index in [1.54, 1.807) is 13.2 Å². The number of ether oxygens (including phenoxy) is 1. The summed E-state index contributed by atoms with van der Waals surface area (Å²) in [7, 11) is 1.62. The number of aromatic nitrogens is 2. The topological polar surface area (TPSA) is 135 Å². The van der Waals surface area contributed by atoms with Crippen molar-refractivity contribution in [1.29, 1.82) is 0 Å². The largest absolute Gasteiger partial charge is 0.507 e. The van der Waals surface area contributed by atoms with Gasteiger partial charge in [-0.05, 0) is 100 Å². The van der Waals surface area contributed by atoms with Crippen LogP contribution in [-0.2, 0) is 17.8 Å². The Morgan fingerprint density at radius 2 is 1.50 bits per heavy atom. The van der Waals surface area contributed by atoms with Crippen LogP contribution in [0.2, 0.25) is 0 Å². The van der Waals surface area contributed by atoms with E-state index in [0.717, 1.165) is 40.1 Å². The van der Waals surface area contributed by atoms with Crippen LogP contribution in [0.25, 0.3) is 34.0 Å². The van der Waals surface area contributed by atoms with Crippen molar-refractivity contribution in [1.82, 2.24) is 15.0 Å². The number of carbonyl (C=O) groups is 1. The normalized spacial score (nSPS) is 14.5. The number of aliphatic carboxylic acids is 1. The molecule has 0 atom stereocenters. The molecule has 0 unspecified atom stereocenters. The molecule has 4 N–H and O–H groups in total. The van der Waals surface area contributed by atoms with Gasteiger partial charge < -0.3 is 25.2 Å². The molecule has 2 heterocycles. The van der Waals surface area contributed by atoms with Crippen LogP contribution in [0.4, 0.5) is 0 Å². The fourth-order valence-corrected chi connectivity index (χ4v) is 5.74. The predicted molar refractivity (Wildman–Crippen MR) is 187 cm³/mol. The third-order valence-corrected chi connectivity index (χ3v) is 8.34. The minimum Gasteiger partial charge on any atom is -0.507 e. The minimum atomic E-state index is -0.760. The van der Waals surface area contributed by atoms with Crippen molar-refractivity contribution >= 4 is 5.97 Å². The van der Waals surface area contributed by atoms with Gasteiger partial charge >= 0.3 is 5.97 Å². The number of likely N-dealkylation sites (tertiary alicyclic amines) is 1. The lowest BCUT2D eigenvalue weighted by molar-refractivity contribution is -0.152. The van der Waals surface area contributed by atoms with E-state index in [1.165, 1.54) is 0 Å². The van der Waals surface area contributed by atoms with Gasteiger partial charge in [0.25, 0.3) is 5.89 Å². The molecule has 250 valence electrons. The highest BCUT2D eigenvalue weighted by Crippen LogP contribution is 2.37. The van der Waals surface area contributed by atoms with Gasteiger partial charge in [-0.1, -0.05) is 71.9 Å². The summed E-state index contributed by atoms with van der Waals surface area (Å²) in [4.78, 5) is 19.2. The summed E-state index contributed by atoms with van der Waals surface area (Å²) in [5, 5.41) is 24.9. The molecular formula is C39H44N4O5. The van der Waals surface area contributed by atoms with Gasteiger partial charge in [0.05, 0.1) is 12.5 Å². The van der Waals surface area contributed by atoms with Gasteiger partial charge in [0.1, 0.15) is 11.5 Å². The van der Waals surface area contributed by atoms with Crippen LogP contribution in [-0.4, -0.2) is 57.0 Å². The highest BCUT2D eigenvalue weighted by Gasteiger charge is 2.41. The van der Waals surface area contributed by atoms with E-state index >= 15 is 0 Å². The molecule has 48 heavy (non-hydrogen) atoms. The van der Waals surface area contributed by atoms with E-state index in [0.29, 0.717) is 49.6 Å². The lowest BCUT2D eigenvalue weighted by atomic mass is 9.73. The summed E-state index contributed by atoms with van der Waals surface area (Å²) in [6, 6.07) is 30.7. The first-order valence-electron chi connectivity index (χ1n) is 16.1. The monoisotopic (exact) mass is 648 g/mol. The molecule has 9 heteroatoms. The Kier molecular flexibility index (Phi) is 10.6. The molecular weight excluding hydrogens is 604 g/mol. The number of nitrogens with two attached hydrogens (primary N) is 1. The van der Waals surface area contributed by atoms with Gasteiger partial charge in [-0.3, -0.25) is 9.69 Å². The van der Waals surface area contributed by atoms with E-state index in [1.807, 2.05) is 112 Å². The van der Waals surface area contributed by atoms with Crippen molar-refractivity contribution in [2.45, 2.75) is 52.1 Å². The van der Waals surface area contributed by atoms with Gasteiger partial charge in [-0.2, -0.15) is 4.98 Å². The van der Waals surface area contributed by atoms with Crippen LogP contribution in [0.5, 0.6) is 11.5 Å². The van der Waals surface area contributed by atoms with Gasteiger partial charge in [-0.15, -0.1) is 0 Å². The van der Waals surface area contributed by atoms with Gasteiger partial charge in [-0.25, -0.2) is 0 Å². The quantitative estimate of drug-likeness (QED) is 0.149. The van der Waals surface area contributed by atoms with Crippen LogP contribution in [0.3, 0.4) is 0 Å². The SMILES string of the molecule is CC(C)(C)N.COc1ccc(CC2(C(=O)O)CCN(Cc3ccc(-c4noc(-c5ccc(-c6ccccc6)c(O)c5)n4)cc3)CC2)cc1. The van der Waals surface area contributed by atoms with Crippen LogP contribution in [0, 0.1) is 5.41 Å². The number of hydrogen-bond acceptors (Lipinski definition) is 8. The number of carboxylic acids is 1. The van der Waals surface area contributed by atoms with Crippen LogP contribution < -0.4 is 10.5 Å². The number of carboxylic acid groups (broad SMARTS) is 1. The second-order valence-electron chi connectivity index (χ2n) is 13.5. The van der Waals surface area contributed by atoms with E-state index in [-0.39, 0.29) is 11.3 Å². The predicted octanol–water partition coefficient (Wildman–Crippen LogP) is 7.44. The number of hydrogen-bond donors (Lipinski definition) is 3. The third-order valence-electron chi connectivity index (χ3n) is 8.34. The third kappa shape index (κ3) is 8.87. The number of phenolic OH excluding ortho intramolecular Hbond substituents is 1. The molecule has 0 amide bonds. The highest BCUT2D eigenvalue weighted by atomic mass is 16.5. The van der Waals surface area contributed by atoms with Crippen molar-refractivity contribution in [2.24, 2.45) is 11.1 Å². The second kappa shape index (κ2) is 14.8. The molecule has 0 saturated carbocycles. The maximum atomic E-state index is 12.3. The van der Waals surface area contributed by atoms with E-state index in [2.05, 4.69) is 15.0 Å². The molecule has 0 bridgehead atoms. The number of nitrogens with zero attached hydrogens (tertiary/aromatic N) is 3. The number of methoxy groups -OCH3 is 1. The lowest BCUT2D eigenvalue weighted by Gasteiger charge is -2.39. The zero-order valence-corrected chi connectivity index (χ0v) is 28.0. The zero-order valence-electron chi connectivity index (χ0n) is 28.0. The Morgan fingerprint density at radius 3 is 2.08 bits per heavy atom. The summed E-state index contributed by atoms with van der Waals surface area (Å²) in [6.07, 6.45) is 1.71. The number of piperidine rings is 1. The van der Waals surface area contributed by atoms with Crippen LogP contribution in [0.15, 0.2) is 102 Å². The summed E-state index contributed by atoms with van der Waals surface area (Å²) in [6.45, 7) is 8.07. The zero-order chi connectivity index (χ0) is 34.3. The molecule has 0 spiro atoms. The Labute approximate surface area is 282 Å². The molecule has 1 fully saturated rings. The highest BCUT2D eigenvalue weighted by molar-refractivity contribution is 5.75. The second-order valence-corrected chi connectivity index (χ2v) is 13.5. The van der Waals surface area contributed by atoms with Gasteiger partial charge in [0.2, 0.25) is 5.82 Å². The van der Waals surface area contributed by atoms with Crippen molar-refractivity contribution in [3.8, 4) is 45.5 Å². The van der Waals surface area contributed by atoms with E-state index < -0.39 is 11.4 Å². The number of aromatic hydroxyl groups is 1. The molecule has 9 nitrogen and oxygen atoms in total. The van der Waals surface area contributed by atoms with E-state index in [4.69, 9.17) is 15.0 Å². The molecule has 1 aliphatic rings. The van der Waals surface area contributed by atoms with Crippen molar-refractivity contribution < 1.29 is 24.3 Å². The van der Waals surface area contributed by atoms with Crippen LogP contribution in [0.1, 0.15) is 44.7 Å². The van der Waals surface area contributed by atoms with Crippen molar-refractivity contribution in [3.05, 3.63) is 108 Å². The number of phenols is 1. The average molecular weight is 649 g/mol. The van der Waals surface area contributed by atoms with Gasteiger partial charge in [0.15, 0.2) is 0 Å². The standard InChI is InChI=1S/C35H33N3O5.C4H11N/c1-42-29-14-9-24(10-15-29)22-35(34(40)41)17-19-38(20-18-35)23-25-7-11-27(12-8-25)32-36-33(43-37-32)28-13-16-30(31(39)21-28)26-5-3-2-4-6-26;1-4(2,3)5/h2-16,21,39H,17-20,22-23H2,1H3,(H,40,41);5H2,1-3H3. The Balaban J connectivity index is 0.000000840. The van der Waals surface area contributed by atoms with Crippen molar-refractivity contribution in [3.63, 3.8) is 0 Å². The molecule has 1 aromatic heterocycles. The Bertz CT molecular complexity index is 1780. The number of benzene rings is 4. The summed E-state index contributed by atoms with van der Waals surface area (Å²) >= 11 is 0. The van der Waals surface area contributed by atoms with E-state index in [9.17, 15) is 15.0 Å². The van der Waals surface area contributed by atoms with Crippen LogP contribution >= 0.6 is 0 Å². The summed E-state index contributed by atoms with van der Waals surface area (Å²) < 4.78 is 10.7. The first-order chi connectivity index (χ1) is 22.9. The molecule has 0 aliphatic carbocycles. The Hall–Kier alpha value is -4.99. The maximum absolute atomic E-state index is 12.3. The Morgan fingerprint density at radius 1 is 0.896 bits per heavy atom. The fourth-order valence-electron chi connectivity index (χ4n) is 5.74. The maximum Gasteiger partial charge on any atom is 0.310 e. The summed E-state index contributed by atoms with van der Waals surface area (Å²) in [5.74, 6) is 0.985. The molecule has 1 saturated heterocycles. The molecule has 1 aliphatic heterocycles. The molecule has 4 aromatic carbocycles.